The molecule has 0 saturated heterocycles. The maximum Gasteiger partial charge on any atom is 0.0766 e. The first kappa shape index (κ1) is 11.2. The van der Waals surface area contributed by atoms with E-state index in [0.717, 1.165) is 15.6 Å². The van der Waals surface area contributed by atoms with Crippen molar-refractivity contribution in [2.24, 2.45) is 5.73 Å². The summed E-state index contributed by atoms with van der Waals surface area (Å²) in [6.45, 7) is 4.28. The molecule has 3 heteroatoms. The van der Waals surface area contributed by atoms with Gasteiger partial charge in [-0.2, -0.15) is 5.26 Å². The molecule has 1 aromatic carbocycles. The van der Waals surface area contributed by atoms with Gasteiger partial charge in [-0.05, 0) is 31.0 Å². The zero-order valence-electron chi connectivity index (χ0n) is 8.34. The fraction of sp³-hybridized carbons (Fsp3) is 0.364. The topological polar surface area (TPSA) is 49.8 Å². The molecule has 0 aliphatic rings. The summed E-state index contributed by atoms with van der Waals surface area (Å²) in [4.78, 5) is 0. The molecule has 0 radical (unpaired) electrons. The highest BCUT2D eigenvalue weighted by atomic mass is 79.9. The van der Waals surface area contributed by atoms with E-state index < -0.39 is 5.41 Å². The Balaban J connectivity index is 3.21. The fourth-order valence-corrected chi connectivity index (χ4v) is 1.59. The number of nitrogens with two attached hydrogens (primary N) is 1. The molecule has 1 aromatic rings. The summed E-state index contributed by atoms with van der Waals surface area (Å²) in [6, 6.07) is 8.14. The summed E-state index contributed by atoms with van der Waals surface area (Å²) in [5.41, 5.74) is 7.17. The Labute approximate surface area is 92.9 Å². The summed E-state index contributed by atoms with van der Waals surface area (Å²) in [7, 11) is 0. The van der Waals surface area contributed by atoms with E-state index >= 15 is 0 Å². The molecule has 0 amide bonds. The van der Waals surface area contributed by atoms with E-state index in [1.165, 1.54) is 0 Å². The van der Waals surface area contributed by atoms with Crippen molar-refractivity contribution in [2.45, 2.75) is 25.8 Å². The van der Waals surface area contributed by atoms with E-state index in [1.54, 1.807) is 0 Å². The van der Waals surface area contributed by atoms with Gasteiger partial charge in [0, 0.05) is 11.0 Å². The lowest BCUT2D eigenvalue weighted by Crippen LogP contribution is -2.14. The van der Waals surface area contributed by atoms with Gasteiger partial charge in [-0.1, -0.05) is 28.1 Å². The van der Waals surface area contributed by atoms with Crippen LogP contribution in [-0.2, 0) is 12.0 Å². The molecule has 0 aliphatic carbocycles. The van der Waals surface area contributed by atoms with Crippen molar-refractivity contribution >= 4 is 15.9 Å². The molecule has 14 heavy (non-hydrogen) atoms. The van der Waals surface area contributed by atoms with Gasteiger partial charge >= 0.3 is 0 Å². The van der Waals surface area contributed by atoms with Crippen LogP contribution in [0.25, 0.3) is 0 Å². The maximum atomic E-state index is 8.99. The minimum atomic E-state index is -0.454. The average molecular weight is 253 g/mol. The Morgan fingerprint density at radius 3 is 2.64 bits per heavy atom. The quantitative estimate of drug-likeness (QED) is 0.880. The lowest BCUT2D eigenvalue weighted by molar-refractivity contribution is 0.685. The normalized spacial score (nSPS) is 11.1. The first-order valence-corrected chi connectivity index (χ1v) is 5.21. The molecule has 2 N–H and O–H groups in total. The van der Waals surface area contributed by atoms with E-state index in [2.05, 4.69) is 22.0 Å². The van der Waals surface area contributed by atoms with Crippen LogP contribution in [0.5, 0.6) is 0 Å². The number of benzene rings is 1. The van der Waals surface area contributed by atoms with Gasteiger partial charge in [-0.3, -0.25) is 0 Å². The summed E-state index contributed by atoms with van der Waals surface area (Å²) >= 11 is 3.42. The summed E-state index contributed by atoms with van der Waals surface area (Å²) in [5.74, 6) is 0. The molecule has 0 unspecified atom stereocenters. The molecule has 74 valence electrons. The monoisotopic (exact) mass is 252 g/mol. The van der Waals surface area contributed by atoms with Crippen molar-refractivity contribution < 1.29 is 0 Å². The molecule has 0 atom stereocenters. The van der Waals surface area contributed by atoms with Crippen LogP contribution >= 0.6 is 15.9 Å². The molecular formula is C11H13BrN2. The summed E-state index contributed by atoms with van der Waals surface area (Å²) in [5, 5.41) is 8.99. The molecule has 2 nitrogen and oxygen atoms in total. The number of rotatable bonds is 2. The van der Waals surface area contributed by atoms with E-state index in [1.807, 2.05) is 32.0 Å². The van der Waals surface area contributed by atoms with Crippen molar-refractivity contribution in [1.29, 1.82) is 5.26 Å². The Morgan fingerprint density at radius 2 is 2.14 bits per heavy atom. The van der Waals surface area contributed by atoms with Crippen LogP contribution in [0.3, 0.4) is 0 Å². The maximum absolute atomic E-state index is 8.99. The van der Waals surface area contributed by atoms with E-state index in [9.17, 15) is 0 Å². The summed E-state index contributed by atoms with van der Waals surface area (Å²) in [6.07, 6.45) is 0. The predicted octanol–water partition coefficient (Wildman–Crippen LogP) is 2.71. The zero-order chi connectivity index (χ0) is 10.8. The predicted molar refractivity (Wildman–Crippen MR) is 60.7 cm³/mol. The second-order valence-corrected chi connectivity index (χ2v) is 4.60. The number of hydrogen-bond donors (Lipinski definition) is 1. The van der Waals surface area contributed by atoms with E-state index in [4.69, 9.17) is 11.0 Å². The van der Waals surface area contributed by atoms with Crippen molar-refractivity contribution in [1.82, 2.24) is 0 Å². The van der Waals surface area contributed by atoms with Crippen LogP contribution in [0.15, 0.2) is 22.7 Å². The molecule has 0 aliphatic heterocycles. The number of nitrogens with zero attached hydrogens (tertiary/aromatic N) is 1. The lowest BCUT2D eigenvalue weighted by Gasteiger charge is -2.17. The van der Waals surface area contributed by atoms with Crippen LogP contribution in [0.2, 0.25) is 0 Å². The van der Waals surface area contributed by atoms with Gasteiger partial charge in [-0.25, -0.2) is 0 Å². The Hall–Kier alpha value is -0.850. The molecule has 0 fully saturated rings. The third kappa shape index (κ3) is 2.14. The summed E-state index contributed by atoms with van der Waals surface area (Å²) < 4.78 is 0.998. The molecule has 0 heterocycles. The largest absolute Gasteiger partial charge is 0.326 e. The highest BCUT2D eigenvalue weighted by molar-refractivity contribution is 9.10. The Kier molecular flexibility index (Phi) is 3.30. The number of nitriles is 1. The first-order chi connectivity index (χ1) is 6.51. The third-order valence-corrected chi connectivity index (χ3v) is 3.04. The van der Waals surface area contributed by atoms with Crippen LogP contribution < -0.4 is 5.73 Å². The van der Waals surface area contributed by atoms with Crippen LogP contribution in [0.4, 0.5) is 0 Å². The second kappa shape index (κ2) is 4.12. The van der Waals surface area contributed by atoms with E-state index in [-0.39, 0.29) is 0 Å². The van der Waals surface area contributed by atoms with Gasteiger partial charge in [0.15, 0.2) is 0 Å². The molecule has 0 spiro atoms. The minimum Gasteiger partial charge on any atom is -0.326 e. The van der Waals surface area contributed by atoms with Crippen LogP contribution in [-0.4, -0.2) is 0 Å². The smallest absolute Gasteiger partial charge is 0.0766 e. The molecule has 0 aromatic heterocycles. The highest BCUT2D eigenvalue weighted by Crippen LogP contribution is 2.26. The van der Waals surface area contributed by atoms with Crippen molar-refractivity contribution in [2.75, 3.05) is 0 Å². The van der Waals surface area contributed by atoms with Crippen molar-refractivity contribution in [3.63, 3.8) is 0 Å². The Bertz CT molecular complexity index is 377. The molecular weight excluding hydrogens is 240 g/mol. The van der Waals surface area contributed by atoms with Gasteiger partial charge < -0.3 is 5.73 Å². The van der Waals surface area contributed by atoms with Gasteiger partial charge in [-0.15, -0.1) is 0 Å². The highest BCUT2D eigenvalue weighted by Gasteiger charge is 2.20. The van der Waals surface area contributed by atoms with Crippen LogP contribution in [0.1, 0.15) is 25.0 Å². The van der Waals surface area contributed by atoms with Gasteiger partial charge in [0.25, 0.3) is 0 Å². The fourth-order valence-electron chi connectivity index (χ4n) is 1.18. The minimum absolute atomic E-state index is 0.454. The van der Waals surface area contributed by atoms with E-state index in [0.29, 0.717) is 6.54 Å². The molecule has 1 rings (SSSR count). The lowest BCUT2D eigenvalue weighted by atomic mass is 9.85. The Morgan fingerprint density at radius 1 is 1.50 bits per heavy atom. The molecule has 0 bridgehead atoms. The van der Waals surface area contributed by atoms with Crippen molar-refractivity contribution in [3.05, 3.63) is 33.8 Å². The van der Waals surface area contributed by atoms with Crippen LogP contribution in [0, 0.1) is 11.3 Å². The third-order valence-electron chi connectivity index (χ3n) is 2.27. The van der Waals surface area contributed by atoms with Gasteiger partial charge in [0.2, 0.25) is 0 Å². The molecule has 0 saturated carbocycles. The zero-order valence-corrected chi connectivity index (χ0v) is 9.93. The number of hydrogen-bond acceptors (Lipinski definition) is 2. The van der Waals surface area contributed by atoms with Crippen molar-refractivity contribution in [3.8, 4) is 6.07 Å². The number of halogens is 1. The first-order valence-electron chi connectivity index (χ1n) is 4.41. The SMILES string of the molecule is CC(C)(C#N)c1ccc(Br)c(CN)c1. The average Bonchev–Trinajstić information content (AvgIpc) is 2.18. The van der Waals surface area contributed by atoms with Gasteiger partial charge in [0.1, 0.15) is 0 Å². The van der Waals surface area contributed by atoms with Gasteiger partial charge in [0.05, 0.1) is 11.5 Å². The second-order valence-electron chi connectivity index (χ2n) is 3.75. The standard InChI is InChI=1S/C11H13BrN2/c1-11(2,7-14)9-3-4-10(12)8(5-9)6-13/h3-5H,6,13H2,1-2H3.